The van der Waals surface area contributed by atoms with Crippen LogP contribution in [-0.4, -0.2) is 45.2 Å². The zero-order valence-corrected chi connectivity index (χ0v) is 16.2. The molecule has 3 rings (SSSR count). The van der Waals surface area contributed by atoms with Crippen molar-refractivity contribution in [3.05, 3.63) is 41.3 Å². The molecular weight excluding hydrogens is 354 g/mol. The maximum Gasteiger partial charge on any atom is 0.246 e. The first-order valence-electron chi connectivity index (χ1n) is 8.73. The number of aromatic nitrogens is 1. The lowest BCUT2D eigenvalue weighted by Gasteiger charge is -2.25. The Hall–Kier alpha value is -1.90. The van der Waals surface area contributed by atoms with Crippen LogP contribution in [-0.2, 0) is 10.0 Å². The van der Waals surface area contributed by atoms with E-state index in [4.69, 9.17) is 9.26 Å². The van der Waals surface area contributed by atoms with E-state index in [9.17, 15) is 8.42 Å². The van der Waals surface area contributed by atoms with Gasteiger partial charge in [-0.1, -0.05) is 17.3 Å². The lowest BCUT2D eigenvalue weighted by atomic mass is 10.0. The van der Waals surface area contributed by atoms with Gasteiger partial charge >= 0.3 is 0 Å². The number of hydrogen-bond donors (Lipinski definition) is 1. The van der Waals surface area contributed by atoms with Crippen LogP contribution < -0.4 is 9.46 Å². The third-order valence-electron chi connectivity index (χ3n) is 4.79. The lowest BCUT2D eigenvalue weighted by molar-refractivity contribution is 0.261. The number of aryl methyl sites for hydroxylation is 2. The summed E-state index contributed by atoms with van der Waals surface area (Å²) in [4.78, 5) is 2.46. The van der Waals surface area contributed by atoms with E-state index in [2.05, 4.69) is 26.9 Å². The predicted molar refractivity (Wildman–Crippen MR) is 97.7 cm³/mol. The zero-order chi connectivity index (χ0) is 18.7. The van der Waals surface area contributed by atoms with Crippen molar-refractivity contribution in [3.8, 4) is 5.75 Å². The number of nitrogens with zero attached hydrogens (tertiary/aromatic N) is 2. The largest absolute Gasteiger partial charge is 0.497 e. The van der Waals surface area contributed by atoms with Gasteiger partial charge in [0, 0.05) is 19.1 Å². The van der Waals surface area contributed by atoms with E-state index < -0.39 is 10.0 Å². The van der Waals surface area contributed by atoms with Crippen molar-refractivity contribution in [2.75, 3.05) is 26.7 Å². The van der Waals surface area contributed by atoms with Crippen LogP contribution >= 0.6 is 0 Å². The Morgan fingerprint density at radius 2 is 2.04 bits per heavy atom. The van der Waals surface area contributed by atoms with E-state index in [1.54, 1.807) is 21.0 Å². The summed E-state index contributed by atoms with van der Waals surface area (Å²) >= 11 is 0. The second-order valence-corrected chi connectivity index (χ2v) is 8.22. The van der Waals surface area contributed by atoms with Gasteiger partial charge in [-0.05, 0) is 50.9 Å². The first-order valence-corrected chi connectivity index (χ1v) is 10.2. The van der Waals surface area contributed by atoms with E-state index in [-0.39, 0.29) is 4.90 Å². The Bertz CT molecular complexity index is 826. The minimum atomic E-state index is -3.61. The molecule has 0 spiro atoms. The summed E-state index contributed by atoms with van der Waals surface area (Å²) in [5.41, 5.74) is 1.61. The fraction of sp³-hybridized carbons (Fsp3) is 0.500. The molecule has 1 saturated heterocycles. The van der Waals surface area contributed by atoms with Gasteiger partial charge < -0.3 is 9.26 Å². The number of methoxy groups -OCH3 is 1. The van der Waals surface area contributed by atoms with Gasteiger partial charge in [0.1, 0.15) is 16.3 Å². The van der Waals surface area contributed by atoms with Crippen LogP contribution in [0.1, 0.15) is 35.9 Å². The number of likely N-dealkylation sites (tertiary alicyclic amines) is 1. The number of nitrogens with one attached hydrogen (secondary N) is 1. The summed E-state index contributed by atoms with van der Waals surface area (Å²) in [5.74, 6) is 1.15. The van der Waals surface area contributed by atoms with Crippen LogP contribution in [0.4, 0.5) is 0 Å². The number of benzene rings is 1. The van der Waals surface area contributed by atoms with Crippen LogP contribution in [0.3, 0.4) is 0 Å². The van der Waals surface area contributed by atoms with Gasteiger partial charge in [-0.25, -0.2) is 13.1 Å². The molecule has 2 aromatic rings. The molecule has 0 amide bonds. The Morgan fingerprint density at radius 3 is 2.65 bits per heavy atom. The topological polar surface area (TPSA) is 84.7 Å². The fourth-order valence-electron chi connectivity index (χ4n) is 3.55. The molecule has 0 aliphatic carbocycles. The first-order chi connectivity index (χ1) is 12.4. The van der Waals surface area contributed by atoms with E-state index in [0.717, 1.165) is 25.1 Å². The van der Waals surface area contributed by atoms with Crippen molar-refractivity contribution in [1.29, 1.82) is 0 Å². The number of sulfonamides is 1. The lowest BCUT2D eigenvalue weighted by Crippen LogP contribution is -2.35. The van der Waals surface area contributed by atoms with Gasteiger partial charge in [0.15, 0.2) is 5.76 Å². The molecule has 1 aromatic carbocycles. The highest BCUT2D eigenvalue weighted by atomic mass is 32.2. The number of hydrogen-bond acceptors (Lipinski definition) is 6. The first kappa shape index (κ1) is 18.9. The van der Waals surface area contributed by atoms with Crippen molar-refractivity contribution in [2.24, 2.45) is 0 Å². The smallest absolute Gasteiger partial charge is 0.246 e. The van der Waals surface area contributed by atoms with E-state index >= 15 is 0 Å². The van der Waals surface area contributed by atoms with Crippen molar-refractivity contribution < 1.29 is 17.7 Å². The predicted octanol–water partition coefficient (Wildman–Crippen LogP) is 2.42. The van der Waals surface area contributed by atoms with Crippen LogP contribution in [0.25, 0.3) is 0 Å². The van der Waals surface area contributed by atoms with Crippen LogP contribution in [0.15, 0.2) is 33.7 Å². The average molecular weight is 379 g/mol. The number of rotatable bonds is 7. The van der Waals surface area contributed by atoms with Crippen LogP contribution in [0.5, 0.6) is 5.75 Å². The molecule has 142 valence electrons. The van der Waals surface area contributed by atoms with Crippen LogP contribution in [0.2, 0.25) is 0 Å². The van der Waals surface area contributed by atoms with Crippen molar-refractivity contribution in [2.45, 2.75) is 37.6 Å². The maximum absolute atomic E-state index is 12.5. The molecule has 1 fully saturated rings. The summed E-state index contributed by atoms with van der Waals surface area (Å²) in [5, 5.41) is 3.72. The SMILES string of the molecule is COc1ccc(C2CCCN2CCNS(=O)(=O)c2c(C)noc2C)cc1. The highest BCUT2D eigenvalue weighted by Gasteiger charge is 2.27. The molecule has 0 radical (unpaired) electrons. The Labute approximate surface area is 154 Å². The van der Waals surface area contributed by atoms with Gasteiger partial charge in [0.25, 0.3) is 0 Å². The van der Waals surface area contributed by atoms with Gasteiger partial charge in [-0.3, -0.25) is 4.90 Å². The zero-order valence-electron chi connectivity index (χ0n) is 15.4. The molecule has 1 unspecified atom stereocenters. The normalized spacial score (nSPS) is 18.3. The highest BCUT2D eigenvalue weighted by molar-refractivity contribution is 7.89. The summed E-state index contributed by atoms with van der Waals surface area (Å²) < 4.78 is 37.8. The molecule has 2 heterocycles. The van der Waals surface area contributed by atoms with Gasteiger partial charge in [-0.2, -0.15) is 0 Å². The quantitative estimate of drug-likeness (QED) is 0.795. The van der Waals surface area contributed by atoms with Crippen molar-refractivity contribution in [3.63, 3.8) is 0 Å². The summed E-state index contributed by atoms with van der Waals surface area (Å²) in [7, 11) is -1.96. The molecule has 0 saturated carbocycles. The third kappa shape index (κ3) is 3.92. The average Bonchev–Trinajstić information content (AvgIpc) is 3.21. The molecule has 1 atom stereocenters. The highest BCUT2D eigenvalue weighted by Crippen LogP contribution is 2.32. The third-order valence-corrected chi connectivity index (χ3v) is 6.50. The van der Waals surface area contributed by atoms with E-state index in [0.29, 0.717) is 30.6 Å². The van der Waals surface area contributed by atoms with E-state index in [1.165, 1.54) is 5.56 Å². The Morgan fingerprint density at radius 1 is 1.31 bits per heavy atom. The molecule has 1 aromatic heterocycles. The fourth-order valence-corrected chi connectivity index (χ4v) is 4.90. The molecule has 0 bridgehead atoms. The van der Waals surface area contributed by atoms with Gasteiger partial charge in [0.05, 0.1) is 7.11 Å². The monoisotopic (exact) mass is 379 g/mol. The minimum absolute atomic E-state index is 0.144. The number of ether oxygens (including phenoxy) is 1. The van der Waals surface area contributed by atoms with Crippen molar-refractivity contribution >= 4 is 10.0 Å². The van der Waals surface area contributed by atoms with Crippen molar-refractivity contribution in [1.82, 2.24) is 14.8 Å². The molecule has 1 aliphatic rings. The molecule has 26 heavy (non-hydrogen) atoms. The van der Waals surface area contributed by atoms with E-state index in [1.807, 2.05) is 12.1 Å². The Balaban J connectivity index is 1.61. The molecule has 1 aliphatic heterocycles. The standard InChI is InChI=1S/C18H25N3O4S/c1-13-18(14(2)25-20-13)26(22,23)19-10-12-21-11-4-5-17(21)15-6-8-16(24-3)9-7-15/h6-9,17,19H,4-5,10-12H2,1-3H3. The summed E-state index contributed by atoms with van der Waals surface area (Å²) in [6.07, 6.45) is 2.18. The molecule has 7 nitrogen and oxygen atoms in total. The minimum Gasteiger partial charge on any atom is -0.497 e. The molecular formula is C18H25N3O4S. The maximum atomic E-state index is 12.5. The van der Waals surface area contributed by atoms with Crippen LogP contribution in [0, 0.1) is 13.8 Å². The summed E-state index contributed by atoms with van der Waals surface area (Å²) in [6.45, 7) is 5.20. The Kier molecular flexibility index (Phi) is 5.64. The molecule has 1 N–H and O–H groups in total. The van der Waals surface area contributed by atoms with Gasteiger partial charge in [-0.15, -0.1) is 0 Å². The second-order valence-electron chi connectivity index (χ2n) is 6.52. The van der Waals surface area contributed by atoms with Gasteiger partial charge in [0.2, 0.25) is 10.0 Å². The molecule has 8 heteroatoms. The summed E-state index contributed by atoms with van der Waals surface area (Å²) in [6, 6.07) is 8.40. The second kappa shape index (κ2) is 7.77.